The molecule has 0 amide bonds. The zero-order valence-electron chi connectivity index (χ0n) is 11.8. The van der Waals surface area contributed by atoms with E-state index in [0.717, 1.165) is 30.0 Å². The number of hydrogen-bond acceptors (Lipinski definition) is 4. The highest BCUT2D eigenvalue weighted by Gasteiger charge is 2.05. The van der Waals surface area contributed by atoms with Crippen molar-refractivity contribution >= 4 is 0 Å². The Bertz CT molecular complexity index is 692. The monoisotopic (exact) mass is 280 g/mol. The lowest BCUT2D eigenvalue weighted by Gasteiger charge is -2.02. The van der Waals surface area contributed by atoms with E-state index in [1.807, 2.05) is 24.3 Å². The Morgan fingerprint density at radius 2 is 1.76 bits per heavy atom. The molecule has 0 bridgehead atoms. The van der Waals surface area contributed by atoms with E-state index in [-0.39, 0.29) is 0 Å². The van der Waals surface area contributed by atoms with E-state index in [1.54, 1.807) is 19.5 Å². The molecule has 3 rings (SSSR count). The first-order valence-corrected chi connectivity index (χ1v) is 6.80. The number of aromatic amines is 1. The molecule has 0 fully saturated rings. The number of pyridine rings is 1. The minimum absolute atomic E-state index is 0.710. The number of nitrogens with zero attached hydrogens (tertiary/aromatic N) is 3. The van der Waals surface area contributed by atoms with Crippen molar-refractivity contribution in [3.63, 3.8) is 0 Å². The third kappa shape index (κ3) is 3.25. The highest BCUT2D eigenvalue weighted by atomic mass is 16.5. The predicted octanol–water partition coefficient (Wildman–Crippen LogP) is 2.66. The quantitative estimate of drug-likeness (QED) is 0.780. The van der Waals surface area contributed by atoms with Gasteiger partial charge in [0, 0.05) is 24.4 Å². The zero-order valence-corrected chi connectivity index (χ0v) is 11.8. The minimum atomic E-state index is 0.710. The summed E-state index contributed by atoms with van der Waals surface area (Å²) in [6.07, 6.45) is 5.21. The Morgan fingerprint density at radius 1 is 1.00 bits per heavy atom. The molecule has 0 unspecified atom stereocenters. The van der Waals surface area contributed by atoms with Crippen LogP contribution in [0.2, 0.25) is 0 Å². The summed E-state index contributed by atoms with van der Waals surface area (Å²) >= 11 is 0. The Kier molecular flexibility index (Phi) is 3.91. The summed E-state index contributed by atoms with van der Waals surface area (Å²) < 4.78 is 5.15. The first-order chi connectivity index (χ1) is 10.3. The molecule has 0 atom stereocenters. The van der Waals surface area contributed by atoms with Gasteiger partial charge in [-0.1, -0.05) is 12.1 Å². The molecule has 0 aliphatic carbocycles. The summed E-state index contributed by atoms with van der Waals surface area (Å²) in [5.74, 6) is 2.47. The van der Waals surface area contributed by atoms with Gasteiger partial charge < -0.3 is 4.74 Å². The van der Waals surface area contributed by atoms with E-state index in [4.69, 9.17) is 4.74 Å². The number of aryl methyl sites for hydroxylation is 2. The highest BCUT2D eigenvalue weighted by Crippen LogP contribution is 2.15. The topological polar surface area (TPSA) is 63.7 Å². The summed E-state index contributed by atoms with van der Waals surface area (Å²) in [5.41, 5.74) is 2.22. The van der Waals surface area contributed by atoms with Crippen molar-refractivity contribution in [1.82, 2.24) is 20.2 Å². The molecule has 2 heterocycles. The van der Waals surface area contributed by atoms with Crippen molar-refractivity contribution in [3.05, 3.63) is 60.2 Å². The molecular weight excluding hydrogens is 264 g/mol. The van der Waals surface area contributed by atoms with Crippen LogP contribution >= 0.6 is 0 Å². The van der Waals surface area contributed by atoms with Crippen LogP contribution in [0.25, 0.3) is 11.4 Å². The van der Waals surface area contributed by atoms with E-state index in [2.05, 4.69) is 32.3 Å². The number of aromatic nitrogens is 4. The number of H-pyrrole nitrogens is 1. The van der Waals surface area contributed by atoms with Gasteiger partial charge in [0.25, 0.3) is 0 Å². The van der Waals surface area contributed by atoms with E-state index < -0.39 is 0 Å². The van der Waals surface area contributed by atoms with Crippen LogP contribution < -0.4 is 4.74 Å². The van der Waals surface area contributed by atoms with E-state index in [1.165, 1.54) is 5.56 Å². The van der Waals surface area contributed by atoms with E-state index in [9.17, 15) is 0 Å². The van der Waals surface area contributed by atoms with Crippen LogP contribution in [0.1, 0.15) is 11.4 Å². The SMILES string of the molecule is COc1ccc(CCc2nc(-c3ccncc3)n[nH]2)cc1. The van der Waals surface area contributed by atoms with Gasteiger partial charge in [-0.3, -0.25) is 10.1 Å². The molecule has 21 heavy (non-hydrogen) atoms. The predicted molar refractivity (Wildman–Crippen MR) is 80.0 cm³/mol. The van der Waals surface area contributed by atoms with Crippen LogP contribution in [0, 0.1) is 0 Å². The summed E-state index contributed by atoms with van der Waals surface area (Å²) in [6, 6.07) is 11.9. The van der Waals surface area contributed by atoms with Crippen LogP contribution in [-0.2, 0) is 12.8 Å². The normalized spacial score (nSPS) is 10.5. The molecule has 1 aromatic carbocycles. The molecule has 0 aliphatic rings. The van der Waals surface area contributed by atoms with Gasteiger partial charge in [-0.2, -0.15) is 5.10 Å². The molecule has 2 aromatic heterocycles. The third-order valence-electron chi connectivity index (χ3n) is 3.28. The number of rotatable bonds is 5. The van der Waals surface area contributed by atoms with Gasteiger partial charge in [0.2, 0.25) is 0 Å². The zero-order chi connectivity index (χ0) is 14.5. The van der Waals surface area contributed by atoms with E-state index >= 15 is 0 Å². The molecule has 106 valence electrons. The van der Waals surface area contributed by atoms with Gasteiger partial charge in [-0.05, 0) is 36.2 Å². The molecule has 5 nitrogen and oxygen atoms in total. The van der Waals surface area contributed by atoms with Gasteiger partial charge in [0.05, 0.1) is 7.11 Å². The molecule has 0 radical (unpaired) electrons. The van der Waals surface area contributed by atoms with Gasteiger partial charge in [0.1, 0.15) is 11.6 Å². The Labute approximate surface area is 123 Å². The summed E-state index contributed by atoms with van der Waals surface area (Å²) in [5, 5.41) is 7.23. The molecule has 0 aliphatic heterocycles. The number of hydrogen-bond donors (Lipinski definition) is 1. The average Bonchev–Trinajstić information content (AvgIpc) is 3.03. The molecule has 0 spiro atoms. The lowest BCUT2D eigenvalue weighted by molar-refractivity contribution is 0.414. The Morgan fingerprint density at radius 3 is 2.48 bits per heavy atom. The first-order valence-electron chi connectivity index (χ1n) is 6.80. The van der Waals surface area contributed by atoms with Crippen molar-refractivity contribution in [3.8, 4) is 17.1 Å². The molecule has 3 aromatic rings. The smallest absolute Gasteiger partial charge is 0.181 e. The minimum Gasteiger partial charge on any atom is -0.497 e. The second-order valence-corrected chi connectivity index (χ2v) is 4.69. The van der Waals surface area contributed by atoms with Crippen molar-refractivity contribution in [1.29, 1.82) is 0 Å². The van der Waals surface area contributed by atoms with Crippen molar-refractivity contribution in [2.24, 2.45) is 0 Å². The van der Waals surface area contributed by atoms with Crippen molar-refractivity contribution < 1.29 is 4.74 Å². The molecule has 5 heteroatoms. The van der Waals surface area contributed by atoms with Crippen LogP contribution in [0.3, 0.4) is 0 Å². The first kappa shape index (κ1) is 13.3. The molecule has 1 N–H and O–H groups in total. The maximum atomic E-state index is 5.15. The Hall–Kier alpha value is -2.69. The number of ether oxygens (including phenoxy) is 1. The molecule has 0 saturated carbocycles. The highest BCUT2D eigenvalue weighted by molar-refractivity contribution is 5.52. The third-order valence-corrected chi connectivity index (χ3v) is 3.28. The molecular formula is C16H16N4O. The molecule has 0 saturated heterocycles. The summed E-state index contributed by atoms with van der Waals surface area (Å²) in [4.78, 5) is 8.50. The maximum Gasteiger partial charge on any atom is 0.181 e. The lowest BCUT2D eigenvalue weighted by Crippen LogP contribution is -1.94. The van der Waals surface area contributed by atoms with Gasteiger partial charge in [-0.25, -0.2) is 4.98 Å². The maximum absolute atomic E-state index is 5.15. The van der Waals surface area contributed by atoms with Crippen LogP contribution in [0.15, 0.2) is 48.8 Å². The second kappa shape index (κ2) is 6.17. The fraction of sp³-hybridized carbons (Fsp3) is 0.188. The largest absolute Gasteiger partial charge is 0.497 e. The van der Waals surface area contributed by atoms with Crippen molar-refractivity contribution in [2.45, 2.75) is 12.8 Å². The van der Waals surface area contributed by atoms with Crippen LogP contribution in [0.4, 0.5) is 0 Å². The Balaban J connectivity index is 1.64. The average molecular weight is 280 g/mol. The van der Waals surface area contributed by atoms with Crippen molar-refractivity contribution in [2.75, 3.05) is 7.11 Å². The van der Waals surface area contributed by atoms with Gasteiger partial charge in [-0.15, -0.1) is 0 Å². The fourth-order valence-corrected chi connectivity index (χ4v) is 2.09. The second-order valence-electron chi connectivity index (χ2n) is 4.69. The van der Waals surface area contributed by atoms with E-state index in [0.29, 0.717) is 5.82 Å². The van der Waals surface area contributed by atoms with Gasteiger partial charge >= 0.3 is 0 Å². The van der Waals surface area contributed by atoms with Crippen LogP contribution in [-0.4, -0.2) is 27.3 Å². The van der Waals surface area contributed by atoms with Crippen LogP contribution in [0.5, 0.6) is 5.75 Å². The van der Waals surface area contributed by atoms with Gasteiger partial charge in [0.15, 0.2) is 5.82 Å². The fourth-order valence-electron chi connectivity index (χ4n) is 2.09. The summed E-state index contributed by atoms with van der Waals surface area (Å²) in [7, 11) is 1.67. The summed E-state index contributed by atoms with van der Waals surface area (Å²) in [6.45, 7) is 0. The lowest BCUT2D eigenvalue weighted by atomic mass is 10.1. The standard InChI is InChI=1S/C16H16N4O/c1-21-14-5-2-12(3-6-14)4-7-15-18-16(20-19-15)13-8-10-17-11-9-13/h2-3,5-6,8-11H,4,7H2,1H3,(H,18,19,20). The number of methoxy groups -OCH3 is 1. The number of nitrogens with one attached hydrogen (secondary N) is 1. The number of benzene rings is 1.